The van der Waals surface area contributed by atoms with E-state index >= 15 is 0 Å². The van der Waals surface area contributed by atoms with E-state index in [2.05, 4.69) is 58.5 Å². The van der Waals surface area contributed by atoms with Gasteiger partial charge in [-0.3, -0.25) is 9.58 Å². The molecule has 114 valence electrons. The molecule has 2 unspecified atom stereocenters. The fraction of sp³-hybridized carbons (Fsp3) is 0.800. The molecule has 0 aromatic carbocycles. The number of piperazine rings is 1. The first-order valence-electron chi connectivity index (χ1n) is 7.82. The molecule has 2 rings (SSSR count). The van der Waals surface area contributed by atoms with Crippen LogP contribution in [0.2, 0.25) is 0 Å². The normalized spacial score (nSPS) is 24.2. The Labute approximate surface area is 131 Å². The van der Waals surface area contributed by atoms with E-state index in [4.69, 9.17) is 5.10 Å². The van der Waals surface area contributed by atoms with Crippen LogP contribution in [-0.2, 0) is 19.5 Å². The van der Waals surface area contributed by atoms with Gasteiger partial charge in [0, 0.05) is 38.3 Å². The van der Waals surface area contributed by atoms with E-state index in [9.17, 15) is 0 Å². The maximum atomic E-state index is 4.71. The average molecular weight is 343 g/mol. The Kier molecular flexibility index (Phi) is 5.64. The Morgan fingerprint density at radius 1 is 1.35 bits per heavy atom. The van der Waals surface area contributed by atoms with Crippen molar-refractivity contribution in [2.45, 2.75) is 65.7 Å². The number of hydrogen-bond acceptors (Lipinski definition) is 3. The fourth-order valence-electron chi connectivity index (χ4n) is 2.99. The third-order valence-corrected chi connectivity index (χ3v) is 5.16. The van der Waals surface area contributed by atoms with Gasteiger partial charge in [0.05, 0.1) is 15.9 Å². The summed E-state index contributed by atoms with van der Waals surface area (Å²) in [5, 5.41) is 8.29. The summed E-state index contributed by atoms with van der Waals surface area (Å²) < 4.78 is 3.37. The topological polar surface area (TPSA) is 33.1 Å². The van der Waals surface area contributed by atoms with Crippen LogP contribution in [0.25, 0.3) is 0 Å². The number of nitrogens with one attached hydrogen (secondary N) is 1. The van der Waals surface area contributed by atoms with Crippen molar-refractivity contribution in [3.8, 4) is 0 Å². The van der Waals surface area contributed by atoms with Gasteiger partial charge in [-0.2, -0.15) is 5.10 Å². The van der Waals surface area contributed by atoms with E-state index in [1.54, 1.807) is 0 Å². The molecule has 0 saturated carbocycles. The minimum absolute atomic E-state index is 0.570. The molecule has 1 aliphatic rings. The van der Waals surface area contributed by atoms with Crippen LogP contribution in [0.5, 0.6) is 0 Å². The number of aromatic nitrogens is 2. The zero-order valence-electron chi connectivity index (χ0n) is 13.1. The molecule has 1 aliphatic heterocycles. The van der Waals surface area contributed by atoms with Crippen LogP contribution in [0.1, 0.15) is 45.5 Å². The lowest BCUT2D eigenvalue weighted by Crippen LogP contribution is -2.54. The van der Waals surface area contributed by atoms with E-state index in [0.717, 1.165) is 32.6 Å². The first-order chi connectivity index (χ1) is 9.60. The Hall–Kier alpha value is -0.390. The molecular formula is C15H27BrN4. The third kappa shape index (κ3) is 3.26. The van der Waals surface area contributed by atoms with Gasteiger partial charge in [-0.1, -0.05) is 13.8 Å². The summed E-state index contributed by atoms with van der Waals surface area (Å²) in [5.41, 5.74) is 2.51. The lowest BCUT2D eigenvalue weighted by atomic mass is 10.1. The Morgan fingerprint density at radius 2 is 2.10 bits per heavy atom. The van der Waals surface area contributed by atoms with Crippen LogP contribution < -0.4 is 5.32 Å². The molecular weight excluding hydrogens is 316 g/mol. The molecule has 2 atom stereocenters. The second-order valence-electron chi connectivity index (χ2n) is 5.68. The zero-order chi connectivity index (χ0) is 14.7. The smallest absolute Gasteiger partial charge is 0.0767 e. The van der Waals surface area contributed by atoms with Gasteiger partial charge in [-0.05, 0) is 42.6 Å². The molecule has 1 aromatic rings. The van der Waals surface area contributed by atoms with Gasteiger partial charge in [-0.25, -0.2) is 0 Å². The number of rotatable bonds is 5. The number of aryl methyl sites for hydroxylation is 2. The molecule has 20 heavy (non-hydrogen) atoms. The van der Waals surface area contributed by atoms with Crippen molar-refractivity contribution in [2.75, 3.05) is 13.1 Å². The molecule has 5 heteroatoms. The minimum atomic E-state index is 0.570. The number of nitrogens with zero attached hydrogens (tertiary/aromatic N) is 3. The van der Waals surface area contributed by atoms with E-state index in [-0.39, 0.29) is 0 Å². The van der Waals surface area contributed by atoms with Crippen LogP contribution >= 0.6 is 15.9 Å². The molecule has 1 fully saturated rings. The van der Waals surface area contributed by atoms with Crippen LogP contribution in [0, 0.1) is 0 Å². The summed E-state index contributed by atoms with van der Waals surface area (Å²) in [4.78, 5) is 2.61. The molecule has 0 aliphatic carbocycles. The van der Waals surface area contributed by atoms with Crippen molar-refractivity contribution in [1.82, 2.24) is 20.0 Å². The SMILES string of the molecule is CCc1nn(CC)c(CN2CC(C)NCC2CC)c1Br. The Balaban J connectivity index is 2.21. The summed E-state index contributed by atoms with van der Waals surface area (Å²) in [5.74, 6) is 0. The monoisotopic (exact) mass is 342 g/mol. The lowest BCUT2D eigenvalue weighted by molar-refractivity contribution is 0.120. The molecule has 1 aromatic heterocycles. The highest BCUT2D eigenvalue weighted by Gasteiger charge is 2.26. The van der Waals surface area contributed by atoms with Crippen molar-refractivity contribution in [1.29, 1.82) is 0 Å². The van der Waals surface area contributed by atoms with Gasteiger partial charge >= 0.3 is 0 Å². The predicted molar refractivity (Wildman–Crippen MR) is 86.9 cm³/mol. The molecule has 2 heterocycles. The van der Waals surface area contributed by atoms with Gasteiger partial charge in [-0.15, -0.1) is 0 Å². The summed E-state index contributed by atoms with van der Waals surface area (Å²) in [6.07, 6.45) is 2.17. The lowest BCUT2D eigenvalue weighted by Gasteiger charge is -2.39. The van der Waals surface area contributed by atoms with Crippen LogP contribution in [0.4, 0.5) is 0 Å². The Morgan fingerprint density at radius 3 is 2.70 bits per heavy atom. The molecule has 1 N–H and O–H groups in total. The van der Waals surface area contributed by atoms with Gasteiger partial charge in [0.1, 0.15) is 0 Å². The van der Waals surface area contributed by atoms with Crippen molar-refractivity contribution < 1.29 is 0 Å². The fourth-order valence-corrected chi connectivity index (χ4v) is 3.68. The third-order valence-electron chi connectivity index (χ3n) is 4.24. The summed E-state index contributed by atoms with van der Waals surface area (Å²) in [7, 11) is 0. The largest absolute Gasteiger partial charge is 0.311 e. The summed E-state index contributed by atoms with van der Waals surface area (Å²) in [6.45, 7) is 13.0. The van der Waals surface area contributed by atoms with Crippen molar-refractivity contribution in [3.05, 3.63) is 15.9 Å². The minimum Gasteiger partial charge on any atom is -0.311 e. The number of halogens is 1. The van der Waals surface area contributed by atoms with E-state index in [1.807, 2.05) is 0 Å². The van der Waals surface area contributed by atoms with Gasteiger partial charge in [0.15, 0.2) is 0 Å². The summed E-state index contributed by atoms with van der Waals surface area (Å²) >= 11 is 3.76. The zero-order valence-corrected chi connectivity index (χ0v) is 14.7. The quantitative estimate of drug-likeness (QED) is 0.893. The molecule has 0 radical (unpaired) electrons. The Bertz CT molecular complexity index is 443. The maximum Gasteiger partial charge on any atom is 0.0767 e. The van der Waals surface area contributed by atoms with E-state index < -0.39 is 0 Å². The van der Waals surface area contributed by atoms with E-state index in [0.29, 0.717) is 12.1 Å². The van der Waals surface area contributed by atoms with Gasteiger partial charge in [0.25, 0.3) is 0 Å². The highest BCUT2D eigenvalue weighted by molar-refractivity contribution is 9.10. The molecule has 0 spiro atoms. The molecule has 4 nitrogen and oxygen atoms in total. The second-order valence-corrected chi connectivity index (χ2v) is 6.47. The predicted octanol–water partition coefficient (Wildman–Crippen LogP) is 2.80. The van der Waals surface area contributed by atoms with Crippen LogP contribution in [0.15, 0.2) is 4.47 Å². The standard InChI is InChI=1S/C15H27BrN4/c1-5-12-8-17-11(4)9-19(12)10-14-15(16)13(6-2)18-20(14)7-3/h11-12,17H,5-10H2,1-4H3. The van der Waals surface area contributed by atoms with Crippen molar-refractivity contribution in [2.24, 2.45) is 0 Å². The average Bonchev–Trinajstić information content (AvgIpc) is 2.75. The highest BCUT2D eigenvalue weighted by Crippen LogP contribution is 2.25. The van der Waals surface area contributed by atoms with E-state index in [1.165, 1.54) is 22.3 Å². The van der Waals surface area contributed by atoms with Crippen molar-refractivity contribution >= 4 is 15.9 Å². The first-order valence-corrected chi connectivity index (χ1v) is 8.61. The molecule has 0 amide bonds. The van der Waals surface area contributed by atoms with Crippen LogP contribution in [0.3, 0.4) is 0 Å². The van der Waals surface area contributed by atoms with Gasteiger partial charge < -0.3 is 5.32 Å². The van der Waals surface area contributed by atoms with Gasteiger partial charge in [0.2, 0.25) is 0 Å². The number of hydrogen-bond donors (Lipinski definition) is 1. The van der Waals surface area contributed by atoms with Crippen LogP contribution in [-0.4, -0.2) is 39.9 Å². The highest BCUT2D eigenvalue weighted by atomic mass is 79.9. The van der Waals surface area contributed by atoms with Crippen molar-refractivity contribution in [3.63, 3.8) is 0 Å². The maximum absolute atomic E-state index is 4.71. The summed E-state index contributed by atoms with van der Waals surface area (Å²) in [6, 6.07) is 1.20. The first kappa shape index (κ1) is 16.0. The molecule has 0 bridgehead atoms. The second kappa shape index (κ2) is 7.05. The molecule has 1 saturated heterocycles.